The molecule has 0 aromatic heterocycles. The fourth-order valence-electron chi connectivity index (χ4n) is 1.41. The summed E-state index contributed by atoms with van der Waals surface area (Å²) in [5.41, 5.74) is 1.05. The molecule has 0 radical (unpaired) electrons. The first-order valence-electron chi connectivity index (χ1n) is 5.33. The molecule has 1 aromatic rings. The number of methoxy groups -OCH3 is 2. The molecule has 0 aliphatic carbocycles. The largest absolute Gasteiger partial charge is 0.493 e. The summed E-state index contributed by atoms with van der Waals surface area (Å²) in [5.74, 6) is 0.615. The smallest absolute Gasteiger partial charge is 0.343 e. The van der Waals surface area contributed by atoms with Gasteiger partial charge in [0.1, 0.15) is 0 Å². The molecule has 6 heteroatoms. The SMILES string of the molecule is CNCc1cc(Br)c(OCC(=O)OC)c(OC)c1. The number of hydrogen-bond donors (Lipinski definition) is 1. The molecule has 100 valence electrons. The van der Waals surface area contributed by atoms with Crippen LogP contribution in [0.1, 0.15) is 5.56 Å². The van der Waals surface area contributed by atoms with Crippen molar-refractivity contribution in [3.05, 3.63) is 22.2 Å². The standard InChI is InChI=1S/C12H16BrNO4/c1-14-6-8-4-9(13)12(10(5-8)16-2)18-7-11(15)17-3/h4-5,14H,6-7H2,1-3H3. The van der Waals surface area contributed by atoms with Crippen molar-refractivity contribution in [1.82, 2.24) is 5.32 Å². The summed E-state index contributed by atoms with van der Waals surface area (Å²) in [6, 6.07) is 3.76. The van der Waals surface area contributed by atoms with Gasteiger partial charge in [-0.2, -0.15) is 0 Å². The van der Waals surface area contributed by atoms with Gasteiger partial charge in [-0.1, -0.05) is 0 Å². The molecule has 1 aromatic carbocycles. The number of nitrogens with one attached hydrogen (secondary N) is 1. The molecule has 18 heavy (non-hydrogen) atoms. The van der Waals surface area contributed by atoms with Crippen LogP contribution in [0.2, 0.25) is 0 Å². The van der Waals surface area contributed by atoms with E-state index in [2.05, 4.69) is 26.0 Å². The lowest BCUT2D eigenvalue weighted by molar-refractivity contribution is -0.142. The van der Waals surface area contributed by atoms with Gasteiger partial charge in [-0.3, -0.25) is 0 Å². The van der Waals surface area contributed by atoms with Crippen molar-refractivity contribution in [3.8, 4) is 11.5 Å². The van der Waals surface area contributed by atoms with Crippen molar-refractivity contribution >= 4 is 21.9 Å². The first-order valence-corrected chi connectivity index (χ1v) is 6.12. The van der Waals surface area contributed by atoms with Gasteiger partial charge in [0.15, 0.2) is 18.1 Å². The molecular weight excluding hydrogens is 302 g/mol. The van der Waals surface area contributed by atoms with Crippen LogP contribution < -0.4 is 14.8 Å². The highest BCUT2D eigenvalue weighted by atomic mass is 79.9. The van der Waals surface area contributed by atoms with E-state index < -0.39 is 5.97 Å². The molecule has 1 rings (SSSR count). The summed E-state index contributed by atoms with van der Waals surface area (Å²) in [5, 5.41) is 3.05. The van der Waals surface area contributed by atoms with Crippen molar-refractivity contribution in [1.29, 1.82) is 0 Å². The zero-order chi connectivity index (χ0) is 13.5. The molecule has 0 atom stereocenters. The maximum absolute atomic E-state index is 11.1. The van der Waals surface area contributed by atoms with Crippen LogP contribution >= 0.6 is 15.9 Å². The third-order valence-corrected chi connectivity index (χ3v) is 2.82. The third kappa shape index (κ3) is 3.89. The molecule has 0 unspecified atom stereocenters. The molecule has 0 saturated heterocycles. The number of ether oxygens (including phenoxy) is 3. The molecule has 1 N–H and O–H groups in total. The van der Waals surface area contributed by atoms with E-state index in [9.17, 15) is 4.79 Å². The zero-order valence-electron chi connectivity index (χ0n) is 10.6. The van der Waals surface area contributed by atoms with Gasteiger partial charge >= 0.3 is 5.97 Å². The van der Waals surface area contributed by atoms with E-state index in [0.717, 1.165) is 10.0 Å². The van der Waals surface area contributed by atoms with Gasteiger partial charge in [0, 0.05) is 6.54 Å². The van der Waals surface area contributed by atoms with Crippen LogP contribution in [0.4, 0.5) is 0 Å². The molecule has 0 fully saturated rings. The molecular formula is C12H16BrNO4. The Kier molecular flexibility index (Phi) is 5.94. The van der Waals surface area contributed by atoms with E-state index in [4.69, 9.17) is 9.47 Å². The van der Waals surface area contributed by atoms with E-state index in [1.807, 2.05) is 19.2 Å². The van der Waals surface area contributed by atoms with Crippen LogP contribution in [0.5, 0.6) is 11.5 Å². The molecule has 0 aliphatic heterocycles. The van der Waals surface area contributed by atoms with Crippen molar-refractivity contribution in [2.24, 2.45) is 0 Å². The summed E-state index contributed by atoms with van der Waals surface area (Å²) in [7, 11) is 4.73. The minimum absolute atomic E-state index is 0.156. The zero-order valence-corrected chi connectivity index (χ0v) is 12.2. The molecule has 0 heterocycles. The second-order valence-corrected chi connectivity index (χ2v) is 4.36. The van der Waals surface area contributed by atoms with Crippen molar-refractivity contribution in [2.45, 2.75) is 6.54 Å². The Morgan fingerprint density at radius 1 is 1.39 bits per heavy atom. The average Bonchev–Trinajstić information content (AvgIpc) is 2.36. The van der Waals surface area contributed by atoms with Crippen molar-refractivity contribution < 1.29 is 19.0 Å². The monoisotopic (exact) mass is 317 g/mol. The molecule has 0 bridgehead atoms. The highest BCUT2D eigenvalue weighted by Gasteiger charge is 2.13. The molecule has 0 spiro atoms. The van der Waals surface area contributed by atoms with Gasteiger partial charge < -0.3 is 19.5 Å². The summed E-state index contributed by atoms with van der Waals surface area (Å²) in [6.07, 6.45) is 0. The number of rotatable bonds is 6. The van der Waals surface area contributed by atoms with E-state index in [0.29, 0.717) is 18.0 Å². The van der Waals surface area contributed by atoms with Crippen LogP contribution in [-0.4, -0.2) is 33.8 Å². The van der Waals surface area contributed by atoms with E-state index in [-0.39, 0.29) is 6.61 Å². The Morgan fingerprint density at radius 2 is 2.11 bits per heavy atom. The average molecular weight is 318 g/mol. The molecule has 0 amide bonds. The minimum atomic E-state index is -0.441. The predicted octanol–water partition coefficient (Wildman–Crippen LogP) is 1.73. The Morgan fingerprint density at radius 3 is 2.67 bits per heavy atom. The normalized spacial score (nSPS) is 10.0. The fourth-order valence-corrected chi connectivity index (χ4v) is 2.01. The Bertz CT molecular complexity index is 423. The van der Waals surface area contributed by atoms with Crippen molar-refractivity contribution in [3.63, 3.8) is 0 Å². The maximum atomic E-state index is 11.1. The summed E-state index contributed by atoms with van der Waals surface area (Å²) in [4.78, 5) is 11.1. The van der Waals surface area contributed by atoms with E-state index in [1.54, 1.807) is 7.11 Å². The molecule has 0 saturated carbocycles. The number of carbonyl (C=O) groups is 1. The fraction of sp³-hybridized carbons (Fsp3) is 0.417. The number of carbonyl (C=O) groups excluding carboxylic acids is 1. The van der Waals surface area contributed by atoms with Crippen LogP contribution in [0.25, 0.3) is 0 Å². The first-order chi connectivity index (χ1) is 8.62. The van der Waals surface area contributed by atoms with E-state index in [1.165, 1.54) is 7.11 Å². The maximum Gasteiger partial charge on any atom is 0.343 e. The molecule has 0 aliphatic rings. The molecule has 5 nitrogen and oxygen atoms in total. The predicted molar refractivity (Wildman–Crippen MR) is 71.0 cm³/mol. The topological polar surface area (TPSA) is 56.8 Å². The van der Waals surface area contributed by atoms with Crippen LogP contribution in [-0.2, 0) is 16.1 Å². The Hall–Kier alpha value is -1.27. The first kappa shape index (κ1) is 14.8. The second kappa shape index (κ2) is 7.23. The highest BCUT2D eigenvalue weighted by Crippen LogP contribution is 2.36. The van der Waals surface area contributed by atoms with Gasteiger partial charge in [0.05, 0.1) is 18.7 Å². The van der Waals surface area contributed by atoms with Gasteiger partial charge in [0.25, 0.3) is 0 Å². The number of halogens is 1. The van der Waals surface area contributed by atoms with Gasteiger partial charge in [0.2, 0.25) is 0 Å². The van der Waals surface area contributed by atoms with Crippen LogP contribution in [0, 0.1) is 0 Å². The summed E-state index contributed by atoms with van der Waals surface area (Å²) >= 11 is 3.40. The Balaban J connectivity index is 2.92. The second-order valence-electron chi connectivity index (χ2n) is 3.50. The quantitative estimate of drug-likeness (QED) is 0.810. The van der Waals surface area contributed by atoms with Gasteiger partial charge in [-0.05, 0) is 40.7 Å². The van der Waals surface area contributed by atoms with Gasteiger partial charge in [-0.25, -0.2) is 4.79 Å². The number of benzene rings is 1. The minimum Gasteiger partial charge on any atom is -0.493 e. The Labute approximate surface area is 115 Å². The van der Waals surface area contributed by atoms with Crippen LogP contribution in [0.15, 0.2) is 16.6 Å². The third-order valence-electron chi connectivity index (χ3n) is 2.23. The summed E-state index contributed by atoms with van der Waals surface area (Å²) < 4.78 is 15.9. The van der Waals surface area contributed by atoms with Gasteiger partial charge in [-0.15, -0.1) is 0 Å². The van der Waals surface area contributed by atoms with E-state index >= 15 is 0 Å². The lowest BCUT2D eigenvalue weighted by Gasteiger charge is -2.13. The number of hydrogen-bond acceptors (Lipinski definition) is 5. The van der Waals surface area contributed by atoms with Crippen LogP contribution in [0.3, 0.4) is 0 Å². The summed E-state index contributed by atoms with van der Waals surface area (Å²) in [6.45, 7) is 0.559. The lowest BCUT2D eigenvalue weighted by Crippen LogP contribution is -2.13. The lowest BCUT2D eigenvalue weighted by atomic mass is 10.2. The number of esters is 1. The van der Waals surface area contributed by atoms with Crippen molar-refractivity contribution in [2.75, 3.05) is 27.9 Å². The highest BCUT2D eigenvalue weighted by molar-refractivity contribution is 9.10.